The lowest BCUT2D eigenvalue weighted by molar-refractivity contribution is 0.310. The van der Waals surface area contributed by atoms with E-state index in [4.69, 9.17) is 10.2 Å². The summed E-state index contributed by atoms with van der Waals surface area (Å²) in [6.07, 6.45) is 6.40. The van der Waals surface area contributed by atoms with Gasteiger partial charge in [-0.1, -0.05) is 0 Å². The maximum atomic E-state index is 13.1. The molecule has 0 radical (unpaired) electrons. The topological polar surface area (TPSA) is 96.8 Å². The minimum Gasteiger partial charge on any atom is -0.331 e. The van der Waals surface area contributed by atoms with E-state index in [1.165, 1.54) is 35.2 Å². The molecule has 0 bridgehead atoms. The van der Waals surface area contributed by atoms with Crippen LogP contribution in [0.3, 0.4) is 0 Å². The van der Waals surface area contributed by atoms with E-state index in [2.05, 4.69) is 16.6 Å². The summed E-state index contributed by atoms with van der Waals surface area (Å²) in [6, 6.07) is 2.03. The van der Waals surface area contributed by atoms with Crippen LogP contribution in [0.5, 0.6) is 0 Å². The highest BCUT2D eigenvalue weighted by Crippen LogP contribution is 2.34. The molecule has 28 heavy (non-hydrogen) atoms. The molecule has 0 aromatic carbocycles. The molecule has 0 N–H and O–H groups in total. The van der Waals surface area contributed by atoms with Crippen molar-refractivity contribution in [2.75, 3.05) is 13.1 Å². The molecule has 9 heteroatoms. The van der Waals surface area contributed by atoms with Crippen molar-refractivity contribution >= 4 is 10.0 Å². The van der Waals surface area contributed by atoms with Crippen molar-refractivity contribution in [1.82, 2.24) is 23.6 Å². The van der Waals surface area contributed by atoms with Crippen LogP contribution in [0.2, 0.25) is 0 Å². The van der Waals surface area contributed by atoms with Gasteiger partial charge in [-0.3, -0.25) is 4.68 Å². The minimum atomic E-state index is -3.64. The third-order valence-corrected chi connectivity index (χ3v) is 7.97. The minimum absolute atomic E-state index is 0.0304. The fourth-order valence-corrected chi connectivity index (χ4v) is 6.25. The van der Waals surface area contributed by atoms with Gasteiger partial charge in [0.25, 0.3) is 0 Å². The first kappa shape index (κ1) is 19.2. The molecule has 8 nitrogen and oxygen atoms in total. The summed E-state index contributed by atoms with van der Waals surface area (Å²) in [6.45, 7) is 4.06. The lowest BCUT2D eigenvalue weighted by Gasteiger charge is -2.32. The molecule has 4 rings (SSSR count). The average molecular weight is 403 g/mol. The first-order valence-corrected chi connectivity index (χ1v) is 11.3. The van der Waals surface area contributed by atoms with Crippen LogP contribution in [-0.2, 0) is 36.5 Å². The molecule has 150 valence electrons. The van der Waals surface area contributed by atoms with E-state index in [1.54, 1.807) is 11.4 Å². The van der Waals surface area contributed by atoms with E-state index in [0.717, 1.165) is 31.5 Å². The van der Waals surface area contributed by atoms with E-state index in [1.807, 2.05) is 6.07 Å². The van der Waals surface area contributed by atoms with Gasteiger partial charge in [-0.05, 0) is 32.6 Å². The smallest absolute Gasteiger partial charge is 0.246 e. The van der Waals surface area contributed by atoms with E-state index >= 15 is 0 Å². The predicted molar refractivity (Wildman–Crippen MR) is 103 cm³/mol. The van der Waals surface area contributed by atoms with Crippen molar-refractivity contribution in [3.8, 4) is 6.07 Å². The van der Waals surface area contributed by atoms with Crippen LogP contribution in [0.4, 0.5) is 0 Å². The van der Waals surface area contributed by atoms with Crippen molar-refractivity contribution in [3.05, 3.63) is 29.1 Å². The van der Waals surface area contributed by atoms with Crippen LogP contribution in [0, 0.1) is 18.3 Å². The number of hydrogen-bond acceptors (Lipinski definition) is 5. The fourth-order valence-electron chi connectivity index (χ4n) is 4.60. The van der Waals surface area contributed by atoms with Crippen LogP contribution in [-0.4, -0.2) is 45.1 Å². The summed E-state index contributed by atoms with van der Waals surface area (Å²) in [5.74, 6) is 1.53. The number of hydrogen-bond donors (Lipinski definition) is 0. The number of aromatic nitrogens is 4. The van der Waals surface area contributed by atoms with E-state index < -0.39 is 10.0 Å². The van der Waals surface area contributed by atoms with Gasteiger partial charge in [-0.15, -0.1) is 0 Å². The molecule has 2 aliphatic heterocycles. The normalized spacial score (nSPS) is 18.8. The Hall–Kier alpha value is -2.18. The number of fused-ring (bicyclic) bond motifs is 1. The molecule has 1 fully saturated rings. The molecule has 0 atom stereocenters. The van der Waals surface area contributed by atoms with Gasteiger partial charge in [0.2, 0.25) is 10.0 Å². The Bertz CT molecular complexity index is 1020. The van der Waals surface area contributed by atoms with Crippen molar-refractivity contribution < 1.29 is 8.42 Å². The standard InChI is InChI=1S/C19H26N6O2S/c1-14-19(25-10-4-3-5-18(25)22-14)15-7-11-24(12-8-15)28(26,27)17-13-21-23(2)16(17)6-9-20/h13,15H,3-8,10-12H2,1-2H3. The molecule has 2 aromatic heterocycles. The van der Waals surface area contributed by atoms with Crippen LogP contribution in [0.15, 0.2) is 11.1 Å². The van der Waals surface area contributed by atoms with Gasteiger partial charge < -0.3 is 4.57 Å². The van der Waals surface area contributed by atoms with Crippen molar-refractivity contribution in [2.45, 2.75) is 62.8 Å². The first-order valence-electron chi connectivity index (χ1n) is 9.87. The molecule has 2 aliphatic rings. The van der Waals surface area contributed by atoms with Crippen LogP contribution in [0.25, 0.3) is 0 Å². The Morgan fingerprint density at radius 1 is 1.25 bits per heavy atom. The number of piperidine rings is 1. The van der Waals surface area contributed by atoms with Gasteiger partial charge in [0.15, 0.2) is 0 Å². The van der Waals surface area contributed by atoms with Crippen molar-refractivity contribution in [3.63, 3.8) is 0 Å². The SMILES string of the molecule is Cc1nc2n(c1C1CCN(S(=O)(=O)c3cnn(C)c3CC#N)CC1)CCCC2. The Labute approximate surface area is 165 Å². The molecule has 4 heterocycles. The Kier molecular flexibility index (Phi) is 5.02. The molecule has 0 saturated carbocycles. The Morgan fingerprint density at radius 2 is 2.00 bits per heavy atom. The van der Waals surface area contributed by atoms with Crippen molar-refractivity contribution in [1.29, 1.82) is 5.26 Å². The predicted octanol–water partition coefficient (Wildman–Crippen LogP) is 1.90. The molecule has 0 aliphatic carbocycles. The summed E-state index contributed by atoms with van der Waals surface area (Å²) in [5.41, 5.74) is 2.85. The maximum Gasteiger partial charge on any atom is 0.246 e. The lowest BCUT2D eigenvalue weighted by Crippen LogP contribution is -2.38. The van der Waals surface area contributed by atoms with Gasteiger partial charge in [0, 0.05) is 44.7 Å². The number of nitriles is 1. The number of imidazole rings is 1. The summed E-state index contributed by atoms with van der Waals surface area (Å²) >= 11 is 0. The largest absolute Gasteiger partial charge is 0.331 e. The zero-order valence-electron chi connectivity index (χ0n) is 16.4. The quantitative estimate of drug-likeness (QED) is 0.778. The monoisotopic (exact) mass is 402 g/mol. The second-order valence-electron chi connectivity index (χ2n) is 7.70. The summed E-state index contributed by atoms with van der Waals surface area (Å²) < 4.78 is 31.7. The van der Waals surface area contributed by atoms with E-state index in [-0.39, 0.29) is 11.3 Å². The molecule has 2 aromatic rings. The third-order valence-electron chi connectivity index (χ3n) is 6.03. The highest BCUT2D eigenvalue weighted by molar-refractivity contribution is 7.89. The van der Waals surface area contributed by atoms with Crippen LogP contribution < -0.4 is 0 Å². The zero-order chi connectivity index (χ0) is 19.9. The average Bonchev–Trinajstić information content (AvgIpc) is 3.22. The van der Waals surface area contributed by atoms with Gasteiger partial charge in [-0.2, -0.15) is 14.7 Å². The van der Waals surface area contributed by atoms with E-state index in [9.17, 15) is 8.42 Å². The summed E-state index contributed by atoms with van der Waals surface area (Å²) in [7, 11) is -1.97. The first-order chi connectivity index (χ1) is 13.4. The lowest BCUT2D eigenvalue weighted by atomic mass is 9.93. The highest BCUT2D eigenvalue weighted by Gasteiger charge is 2.34. The molecular weight excluding hydrogens is 376 g/mol. The zero-order valence-corrected chi connectivity index (χ0v) is 17.2. The van der Waals surface area contributed by atoms with Gasteiger partial charge in [-0.25, -0.2) is 13.4 Å². The van der Waals surface area contributed by atoms with Crippen LogP contribution in [0.1, 0.15) is 54.5 Å². The molecule has 1 saturated heterocycles. The molecule has 0 spiro atoms. The molecule has 0 amide bonds. The van der Waals surface area contributed by atoms with Gasteiger partial charge >= 0.3 is 0 Å². The molecular formula is C19H26N6O2S. The van der Waals surface area contributed by atoms with Crippen LogP contribution >= 0.6 is 0 Å². The Balaban J connectivity index is 1.54. The number of sulfonamides is 1. The fraction of sp³-hybridized carbons (Fsp3) is 0.632. The van der Waals surface area contributed by atoms with Crippen molar-refractivity contribution in [2.24, 2.45) is 7.05 Å². The van der Waals surface area contributed by atoms with Gasteiger partial charge in [0.1, 0.15) is 10.7 Å². The number of aryl methyl sites for hydroxylation is 3. The highest BCUT2D eigenvalue weighted by atomic mass is 32.2. The molecule has 0 unspecified atom stereocenters. The number of nitrogens with zero attached hydrogens (tertiary/aromatic N) is 6. The summed E-state index contributed by atoms with van der Waals surface area (Å²) in [5, 5.41) is 13.1. The van der Waals surface area contributed by atoms with Gasteiger partial charge in [0.05, 0.1) is 30.1 Å². The Morgan fingerprint density at radius 3 is 2.71 bits per heavy atom. The third kappa shape index (κ3) is 3.14. The number of rotatable bonds is 4. The van der Waals surface area contributed by atoms with E-state index in [0.29, 0.717) is 24.7 Å². The maximum absolute atomic E-state index is 13.1. The summed E-state index contributed by atoms with van der Waals surface area (Å²) in [4.78, 5) is 4.93. The second kappa shape index (κ2) is 7.33. The second-order valence-corrected chi connectivity index (χ2v) is 9.61.